The summed E-state index contributed by atoms with van der Waals surface area (Å²) in [5.41, 5.74) is 11.2. The lowest BCUT2D eigenvalue weighted by molar-refractivity contribution is 0.336. The fraction of sp³-hybridized carbons (Fsp3) is 0.292. The van der Waals surface area contributed by atoms with Crippen molar-refractivity contribution in [2.45, 2.75) is 31.6 Å². The van der Waals surface area contributed by atoms with E-state index in [9.17, 15) is 0 Å². The molecule has 31 heavy (non-hydrogen) atoms. The molecule has 0 unspecified atom stereocenters. The lowest BCUT2D eigenvalue weighted by Gasteiger charge is -2.28. The smallest absolute Gasteiger partial charge is 0.141 e. The molecule has 0 spiro atoms. The molecule has 0 bridgehead atoms. The van der Waals surface area contributed by atoms with Crippen molar-refractivity contribution in [2.75, 3.05) is 17.6 Å². The van der Waals surface area contributed by atoms with Crippen molar-refractivity contribution in [3.8, 4) is 0 Å². The quantitative estimate of drug-likeness (QED) is 0.372. The number of anilines is 2. The van der Waals surface area contributed by atoms with Gasteiger partial charge < -0.3 is 16.0 Å². The van der Waals surface area contributed by atoms with Crippen molar-refractivity contribution in [1.29, 1.82) is 0 Å². The van der Waals surface area contributed by atoms with E-state index >= 15 is 0 Å². The average molecular weight is 412 g/mol. The molecular weight excluding hydrogens is 386 g/mol. The number of aromatic nitrogens is 5. The number of nitrogens with zero attached hydrogens (tertiary/aromatic N) is 4. The second kappa shape index (κ2) is 7.27. The van der Waals surface area contributed by atoms with E-state index in [0.29, 0.717) is 11.8 Å². The zero-order valence-corrected chi connectivity index (χ0v) is 17.3. The number of hydrogen-bond donors (Lipinski definition) is 3. The number of nitrogens with two attached hydrogens (primary N) is 1. The molecule has 3 aromatic heterocycles. The van der Waals surface area contributed by atoms with Gasteiger partial charge in [-0.25, -0.2) is 9.50 Å². The van der Waals surface area contributed by atoms with Gasteiger partial charge in [0.25, 0.3) is 0 Å². The molecule has 0 amide bonds. The highest BCUT2D eigenvalue weighted by atomic mass is 15.4. The minimum absolute atomic E-state index is 0.451. The van der Waals surface area contributed by atoms with Crippen molar-refractivity contribution < 1.29 is 0 Å². The maximum atomic E-state index is 6.15. The predicted octanol–water partition coefficient (Wildman–Crippen LogP) is 4.73. The highest BCUT2D eigenvalue weighted by Crippen LogP contribution is 2.38. The molecule has 4 N–H and O–H groups in total. The Balaban J connectivity index is 1.16. The van der Waals surface area contributed by atoms with Gasteiger partial charge in [0, 0.05) is 46.2 Å². The van der Waals surface area contributed by atoms with Crippen molar-refractivity contribution in [2.24, 2.45) is 5.92 Å². The molecule has 7 heteroatoms. The summed E-state index contributed by atoms with van der Waals surface area (Å²) in [7, 11) is 0. The van der Waals surface area contributed by atoms with Gasteiger partial charge in [0.05, 0.1) is 5.69 Å². The van der Waals surface area contributed by atoms with Crippen molar-refractivity contribution in [3.63, 3.8) is 0 Å². The molecule has 7 nitrogen and oxygen atoms in total. The Bertz CT molecular complexity index is 1380. The molecule has 0 aliphatic heterocycles. The molecule has 0 radical (unpaired) electrons. The van der Waals surface area contributed by atoms with E-state index < -0.39 is 0 Å². The summed E-state index contributed by atoms with van der Waals surface area (Å²) in [4.78, 5) is 7.60. The van der Waals surface area contributed by atoms with Crippen molar-refractivity contribution in [1.82, 2.24) is 24.8 Å². The summed E-state index contributed by atoms with van der Waals surface area (Å²) < 4.78 is 1.81. The van der Waals surface area contributed by atoms with Crippen LogP contribution in [0.3, 0.4) is 0 Å². The summed E-state index contributed by atoms with van der Waals surface area (Å²) in [5, 5.41) is 15.9. The van der Waals surface area contributed by atoms with Crippen molar-refractivity contribution in [3.05, 3.63) is 60.7 Å². The molecule has 1 aliphatic carbocycles. The molecule has 1 saturated carbocycles. The molecular formula is C24H25N7. The van der Waals surface area contributed by atoms with Crippen LogP contribution in [0.5, 0.6) is 0 Å². The van der Waals surface area contributed by atoms with Crippen molar-refractivity contribution >= 4 is 38.7 Å². The molecule has 0 atom stereocenters. The Morgan fingerprint density at radius 1 is 1.00 bits per heavy atom. The molecule has 5 aromatic rings. The van der Waals surface area contributed by atoms with E-state index in [2.05, 4.69) is 55.9 Å². The second-order valence-electron chi connectivity index (χ2n) is 8.60. The monoisotopic (exact) mass is 411 g/mol. The molecule has 0 saturated heterocycles. The third-order valence-corrected chi connectivity index (χ3v) is 6.77. The third kappa shape index (κ3) is 3.08. The van der Waals surface area contributed by atoms with Crippen LogP contribution in [0.25, 0.3) is 27.3 Å². The Morgan fingerprint density at radius 3 is 2.71 bits per heavy atom. The molecule has 156 valence electrons. The van der Waals surface area contributed by atoms with Crippen LogP contribution < -0.4 is 11.1 Å². The zero-order valence-electron chi connectivity index (χ0n) is 17.3. The number of rotatable bonds is 4. The summed E-state index contributed by atoms with van der Waals surface area (Å²) in [6.45, 7) is 0.981. The first-order valence-corrected chi connectivity index (χ1v) is 11.0. The number of nitrogens with one attached hydrogen (secondary N) is 2. The SMILES string of the molecule is Nc1ccc(NC[C@H]2CC[C@H](c3nnn4cnc5[nH]ccc5c34)CC2)c2ccccc12. The van der Waals surface area contributed by atoms with Gasteiger partial charge in [-0.15, -0.1) is 5.10 Å². The largest absolute Gasteiger partial charge is 0.398 e. The lowest BCUT2D eigenvalue weighted by Crippen LogP contribution is -2.21. The average Bonchev–Trinajstić information content (AvgIpc) is 3.46. The van der Waals surface area contributed by atoms with Crippen LogP contribution in [0.4, 0.5) is 11.4 Å². The van der Waals surface area contributed by atoms with Gasteiger partial charge in [-0.2, -0.15) is 0 Å². The van der Waals surface area contributed by atoms with Gasteiger partial charge in [-0.3, -0.25) is 0 Å². The Kier molecular flexibility index (Phi) is 4.26. The number of hydrogen-bond acceptors (Lipinski definition) is 5. The van der Waals surface area contributed by atoms with E-state index in [1.165, 1.54) is 23.9 Å². The predicted molar refractivity (Wildman–Crippen MR) is 124 cm³/mol. The molecule has 1 fully saturated rings. The number of aromatic amines is 1. The van der Waals surface area contributed by atoms with Crippen LogP contribution in [-0.4, -0.2) is 31.3 Å². The first kappa shape index (κ1) is 18.2. The molecule has 6 rings (SSSR count). The number of nitrogen functional groups attached to an aromatic ring is 1. The van der Waals surface area contributed by atoms with Crippen LogP contribution in [-0.2, 0) is 0 Å². The van der Waals surface area contributed by atoms with E-state index in [0.717, 1.165) is 52.7 Å². The van der Waals surface area contributed by atoms with Crippen LogP contribution in [0, 0.1) is 5.92 Å². The molecule has 3 heterocycles. The molecule has 2 aromatic carbocycles. The van der Waals surface area contributed by atoms with Gasteiger partial charge in [-0.05, 0) is 49.8 Å². The summed E-state index contributed by atoms with van der Waals surface area (Å²) in [5.74, 6) is 1.11. The van der Waals surface area contributed by atoms with Gasteiger partial charge in [0.15, 0.2) is 0 Å². The summed E-state index contributed by atoms with van der Waals surface area (Å²) in [6, 6.07) is 14.5. The third-order valence-electron chi connectivity index (χ3n) is 6.77. The van der Waals surface area contributed by atoms with Crippen LogP contribution in [0.1, 0.15) is 37.3 Å². The second-order valence-corrected chi connectivity index (χ2v) is 8.60. The van der Waals surface area contributed by atoms with E-state index in [1.807, 2.05) is 22.8 Å². The Labute approximate surface area is 179 Å². The first-order chi connectivity index (χ1) is 15.3. The molecule has 1 aliphatic rings. The fourth-order valence-electron chi connectivity index (χ4n) is 5.06. The Hall–Kier alpha value is -3.61. The van der Waals surface area contributed by atoms with Gasteiger partial charge in [0.2, 0.25) is 0 Å². The first-order valence-electron chi connectivity index (χ1n) is 11.0. The van der Waals surface area contributed by atoms with E-state index in [1.54, 1.807) is 6.33 Å². The highest BCUT2D eigenvalue weighted by Gasteiger charge is 2.27. The van der Waals surface area contributed by atoms with Gasteiger partial charge >= 0.3 is 0 Å². The minimum atomic E-state index is 0.451. The normalized spacial score (nSPS) is 19.4. The lowest BCUT2D eigenvalue weighted by atomic mass is 9.80. The van der Waals surface area contributed by atoms with E-state index in [-0.39, 0.29) is 0 Å². The van der Waals surface area contributed by atoms with E-state index in [4.69, 9.17) is 5.73 Å². The maximum absolute atomic E-state index is 6.15. The number of H-pyrrole nitrogens is 1. The summed E-state index contributed by atoms with van der Waals surface area (Å²) >= 11 is 0. The topological polar surface area (TPSA) is 96.9 Å². The zero-order chi connectivity index (χ0) is 20.8. The van der Waals surface area contributed by atoms with Crippen LogP contribution >= 0.6 is 0 Å². The highest BCUT2D eigenvalue weighted by molar-refractivity contribution is 6.01. The number of fused-ring (bicyclic) bond motifs is 4. The minimum Gasteiger partial charge on any atom is -0.398 e. The summed E-state index contributed by atoms with van der Waals surface area (Å²) in [6.07, 6.45) is 8.32. The standard InChI is InChI=1S/C24H25N7/c25-20-9-10-21(18-4-2-1-3-17(18)20)27-13-15-5-7-16(8-6-15)22-23-19-11-12-26-24(19)28-14-31(23)30-29-22/h1-4,9-12,14-16,26-27H,5-8,13,25H2/t15-,16-. The van der Waals surface area contributed by atoms with Crippen LogP contribution in [0.2, 0.25) is 0 Å². The maximum Gasteiger partial charge on any atom is 0.141 e. The van der Waals surface area contributed by atoms with Gasteiger partial charge in [-0.1, -0.05) is 29.5 Å². The van der Waals surface area contributed by atoms with Gasteiger partial charge in [0.1, 0.15) is 17.5 Å². The van der Waals surface area contributed by atoms with Crippen LogP contribution in [0.15, 0.2) is 55.0 Å². The number of benzene rings is 2. The fourth-order valence-corrected chi connectivity index (χ4v) is 5.06. The Morgan fingerprint density at radius 2 is 1.84 bits per heavy atom.